The Hall–Kier alpha value is -1.20. The lowest BCUT2D eigenvalue weighted by molar-refractivity contribution is 0.0884. The van der Waals surface area contributed by atoms with Crippen LogP contribution in [0.15, 0.2) is 12.1 Å². The van der Waals surface area contributed by atoms with E-state index in [0.717, 1.165) is 17.1 Å². The van der Waals surface area contributed by atoms with Gasteiger partial charge in [-0.05, 0) is 32.9 Å². The number of nitrogens with zero attached hydrogens (tertiary/aromatic N) is 2. The highest BCUT2D eigenvalue weighted by molar-refractivity contribution is 7.80. The van der Waals surface area contributed by atoms with Crippen molar-refractivity contribution in [3.8, 4) is 0 Å². The summed E-state index contributed by atoms with van der Waals surface area (Å²) in [6, 6.07) is 3.69. The maximum Gasteiger partial charge on any atom is 0.129 e. The van der Waals surface area contributed by atoms with Crippen molar-refractivity contribution < 1.29 is 5.11 Å². The Bertz CT molecular complexity index is 426. The Labute approximate surface area is 107 Å². The average Bonchev–Trinajstić information content (AvgIpc) is 2.13. The van der Waals surface area contributed by atoms with E-state index in [1.165, 1.54) is 0 Å². The van der Waals surface area contributed by atoms with Crippen LogP contribution in [0.25, 0.3) is 0 Å². The molecule has 4 nitrogen and oxygen atoms in total. The van der Waals surface area contributed by atoms with Crippen LogP contribution >= 0.6 is 12.2 Å². The Morgan fingerprint density at radius 3 is 2.59 bits per heavy atom. The molecule has 0 aliphatic carbocycles. The van der Waals surface area contributed by atoms with E-state index in [1.54, 1.807) is 13.8 Å². The highest BCUT2D eigenvalue weighted by atomic mass is 32.1. The SMILES string of the molecule is Cc1cc(C(N)=S)cc(N(C)CC(C)(C)O)n1. The number of pyridine rings is 1. The first-order valence-corrected chi connectivity index (χ1v) is 5.82. The van der Waals surface area contributed by atoms with Gasteiger partial charge in [0.2, 0.25) is 0 Å². The molecule has 0 saturated carbocycles. The summed E-state index contributed by atoms with van der Waals surface area (Å²) in [5, 5.41) is 9.78. The third kappa shape index (κ3) is 4.28. The molecule has 0 spiro atoms. The molecule has 3 N–H and O–H groups in total. The second-order valence-corrected chi connectivity index (χ2v) is 5.33. The van der Waals surface area contributed by atoms with Crippen LogP contribution in [-0.2, 0) is 0 Å². The van der Waals surface area contributed by atoms with E-state index >= 15 is 0 Å². The molecule has 5 heteroatoms. The van der Waals surface area contributed by atoms with E-state index in [9.17, 15) is 5.11 Å². The molecule has 1 aromatic rings. The number of rotatable bonds is 4. The second kappa shape index (κ2) is 4.98. The van der Waals surface area contributed by atoms with Gasteiger partial charge in [0.25, 0.3) is 0 Å². The van der Waals surface area contributed by atoms with Crippen LogP contribution in [0.4, 0.5) is 5.82 Å². The number of aliphatic hydroxyl groups is 1. The van der Waals surface area contributed by atoms with Gasteiger partial charge in [0.15, 0.2) is 0 Å². The van der Waals surface area contributed by atoms with Gasteiger partial charge >= 0.3 is 0 Å². The van der Waals surface area contributed by atoms with Gasteiger partial charge in [-0.1, -0.05) is 12.2 Å². The summed E-state index contributed by atoms with van der Waals surface area (Å²) in [7, 11) is 1.88. The summed E-state index contributed by atoms with van der Waals surface area (Å²) < 4.78 is 0. The molecule has 0 radical (unpaired) electrons. The number of aromatic nitrogens is 1. The molecule has 1 rings (SSSR count). The quantitative estimate of drug-likeness (QED) is 0.790. The summed E-state index contributed by atoms with van der Waals surface area (Å²) in [4.78, 5) is 6.64. The fourth-order valence-corrected chi connectivity index (χ4v) is 1.77. The Morgan fingerprint density at radius 1 is 1.53 bits per heavy atom. The molecule has 94 valence electrons. The van der Waals surface area contributed by atoms with Crippen LogP contribution in [0.5, 0.6) is 0 Å². The Kier molecular flexibility index (Phi) is 4.06. The number of likely N-dealkylation sites (N-methyl/N-ethyl adjacent to an activating group) is 1. The van der Waals surface area contributed by atoms with Crippen molar-refractivity contribution in [2.75, 3.05) is 18.5 Å². The molecule has 0 aliphatic rings. The Morgan fingerprint density at radius 2 is 2.12 bits per heavy atom. The first kappa shape index (κ1) is 13.9. The van der Waals surface area contributed by atoms with Crippen molar-refractivity contribution in [1.82, 2.24) is 4.98 Å². The lowest BCUT2D eigenvalue weighted by Crippen LogP contribution is -2.36. The standard InChI is InChI=1S/C12H19N3OS/c1-8-5-9(11(13)17)6-10(14-8)15(4)7-12(2,3)16/h5-6,16H,7H2,1-4H3,(H2,13,17). The zero-order valence-corrected chi connectivity index (χ0v) is 11.5. The summed E-state index contributed by atoms with van der Waals surface area (Å²) in [5.74, 6) is 0.759. The molecule has 0 aromatic carbocycles. The number of hydrogen-bond acceptors (Lipinski definition) is 4. The fourth-order valence-electron chi connectivity index (χ4n) is 1.65. The van der Waals surface area contributed by atoms with Crippen molar-refractivity contribution in [2.24, 2.45) is 5.73 Å². The molecule has 0 bridgehead atoms. The molecule has 0 atom stereocenters. The number of thiocarbonyl (C=S) groups is 1. The fraction of sp³-hybridized carbons (Fsp3) is 0.500. The van der Waals surface area contributed by atoms with Gasteiger partial charge < -0.3 is 15.7 Å². The van der Waals surface area contributed by atoms with Crippen molar-refractivity contribution in [3.63, 3.8) is 0 Å². The maximum atomic E-state index is 9.78. The van der Waals surface area contributed by atoms with Gasteiger partial charge in [-0.25, -0.2) is 4.98 Å². The molecule has 1 aromatic heterocycles. The van der Waals surface area contributed by atoms with Crippen LogP contribution in [0.3, 0.4) is 0 Å². The second-order valence-electron chi connectivity index (χ2n) is 4.89. The lowest BCUT2D eigenvalue weighted by Gasteiger charge is -2.26. The van der Waals surface area contributed by atoms with Gasteiger partial charge in [0.1, 0.15) is 10.8 Å². The zero-order valence-electron chi connectivity index (χ0n) is 10.7. The number of aryl methyl sites for hydroxylation is 1. The summed E-state index contributed by atoms with van der Waals surface area (Å²) in [6.45, 7) is 5.89. The minimum Gasteiger partial charge on any atom is -0.389 e. The first-order valence-electron chi connectivity index (χ1n) is 5.41. The van der Waals surface area contributed by atoms with E-state index in [2.05, 4.69) is 4.98 Å². The van der Waals surface area contributed by atoms with Gasteiger partial charge in [-0.2, -0.15) is 0 Å². The van der Waals surface area contributed by atoms with Gasteiger partial charge in [0, 0.05) is 24.8 Å². The van der Waals surface area contributed by atoms with Crippen LogP contribution in [-0.4, -0.2) is 34.3 Å². The van der Waals surface area contributed by atoms with Gasteiger partial charge in [0.05, 0.1) is 5.60 Å². The highest BCUT2D eigenvalue weighted by Crippen LogP contribution is 2.16. The smallest absolute Gasteiger partial charge is 0.129 e. The van der Waals surface area contributed by atoms with Crippen LogP contribution < -0.4 is 10.6 Å². The predicted octanol–water partition coefficient (Wildman–Crippen LogP) is 1.23. The van der Waals surface area contributed by atoms with Crippen LogP contribution in [0.2, 0.25) is 0 Å². The van der Waals surface area contributed by atoms with Crippen LogP contribution in [0.1, 0.15) is 25.1 Å². The van der Waals surface area contributed by atoms with Crippen LogP contribution in [0, 0.1) is 6.92 Å². The van der Waals surface area contributed by atoms with Gasteiger partial charge in [-0.15, -0.1) is 0 Å². The van der Waals surface area contributed by atoms with Crippen molar-refractivity contribution in [2.45, 2.75) is 26.4 Å². The molecule has 0 fully saturated rings. The molecule has 0 aliphatic heterocycles. The van der Waals surface area contributed by atoms with E-state index in [-0.39, 0.29) is 0 Å². The zero-order chi connectivity index (χ0) is 13.2. The third-order valence-electron chi connectivity index (χ3n) is 2.24. The monoisotopic (exact) mass is 253 g/mol. The van der Waals surface area contributed by atoms with Gasteiger partial charge in [-0.3, -0.25) is 0 Å². The molecular formula is C12H19N3OS. The third-order valence-corrected chi connectivity index (χ3v) is 2.48. The number of anilines is 1. The number of nitrogens with two attached hydrogens (primary N) is 1. The van der Waals surface area contributed by atoms with E-state index in [4.69, 9.17) is 18.0 Å². The van der Waals surface area contributed by atoms with E-state index in [0.29, 0.717) is 11.5 Å². The summed E-state index contributed by atoms with van der Waals surface area (Å²) in [5.41, 5.74) is 6.49. The molecule has 17 heavy (non-hydrogen) atoms. The van der Waals surface area contributed by atoms with E-state index < -0.39 is 5.60 Å². The van der Waals surface area contributed by atoms with Crippen molar-refractivity contribution in [3.05, 3.63) is 23.4 Å². The minimum absolute atomic E-state index is 0.355. The summed E-state index contributed by atoms with van der Waals surface area (Å²) >= 11 is 4.96. The normalized spacial score (nSPS) is 11.4. The largest absolute Gasteiger partial charge is 0.389 e. The molecular weight excluding hydrogens is 234 g/mol. The predicted molar refractivity (Wildman–Crippen MR) is 74.4 cm³/mol. The Balaban J connectivity index is 3.01. The lowest BCUT2D eigenvalue weighted by atomic mass is 10.1. The van der Waals surface area contributed by atoms with Crippen molar-refractivity contribution in [1.29, 1.82) is 0 Å². The van der Waals surface area contributed by atoms with E-state index in [1.807, 2.05) is 31.0 Å². The highest BCUT2D eigenvalue weighted by Gasteiger charge is 2.17. The summed E-state index contributed by atoms with van der Waals surface area (Å²) in [6.07, 6.45) is 0. The van der Waals surface area contributed by atoms with Crippen molar-refractivity contribution >= 4 is 23.0 Å². The number of hydrogen-bond donors (Lipinski definition) is 2. The topological polar surface area (TPSA) is 62.4 Å². The molecule has 0 amide bonds. The molecule has 1 heterocycles. The molecule has 0 saturated heterocycles. The first-order chi connectivity index (χ1) is 7.69. The minimum atomic E-state index is -0.774. The molecule has 0 unspecified atom stereocenters. The maximum absolute atomic E-state index is 9.78. The average molecular weight is 253 g/mol.